The van der Waals surface area contributed by atoms with Crippen molar-refractivity contribution >= 4 is 26.8 Å². The molecule has 0 saturated heterocycles. The van der Waals surface area contributed by atoms with E-state index in [-0.39, 0.29) is 6.04 Å². The predicted molar refractivity (Wildman–Crippen MR) is 63.2 cm³/mol. The van der Waals surface area contributed by atoms with E-state index < -0.39 is 0 Å². The molecule has 0 amide bonds. The summed E-state index contributed by atoms with van der Waals surface area (Å²) < 4.78 is 3.26. The van der Waals surface area contributed by atoms with Crippen molar-refractivity contribution < 1.29 is 0 Å². The van der Waals surface area contributed by atoms with Gasteiger partial charge in [0.1, 0.15) is 0 Å². The molecule has 0 aliphatic heterocycles. The van der Waals surface area contributed by atoms with Crippen molar-refractivity contribution in [2.75, 3.05) is 0 Å². The van der Waals surface area contributed by atoms with E-state index in [1.165, 1.54) is 10.9 Å². The lowest BCUT2D eigenvalue weighted by molar-refractivity contribution is 0.726. The summed E-state index contributed by atoms with van der Waals surface area (Å²) in [5, 5.41) is 1.23. The molecule has 1 heterocycles. The summed E-state index contributed by atoms with van der Waals surface area (Å²) in [7, 11) is 2.05. The van der Waals surface area contributed by atoms with Gasteiger partial charge in [0.2, 0.25) is 0 Å². The minimum Gasteiger partial charge on any atom is -0.345 e. The first-order chi connectivity index (χ1) is 6.61. The van der Waals surface area contributed by atoms with Crippen LogP contribution in [-0.4, -0.2) is 4.57 Å². The molecule has 1 aromatic carbocycles. The monoisotopic (exact) mass is 252 g/mol. The molecule has 1 unspecified atom stereocenters. The van der Waals surface area contributed by atoms with Gasteiger partial charge in [-0.05, 0) is 35.0 Å². The van der Waals surface area contributed by atoms with Crippen molar-refractivity contribution in [3.63, 3.8) is 0 Å². The van der Waals surface area contributed by atoms with E-state index in [0.29, 0.717) is 0 Å². The Kier molecular flexibility index (Phi) is 2.37. The second-order valence-corrected chi connectivity index (χ2v) is 4.45. The van der Waals surface area contributed by atoms with Gasteiger partial charge in [0.15, 0.2) is 0 Å². The van der Waals surface area contributed by atoms with Gasteiger partial charge >= 0.3 is 0 Å². The fraction of sp³-hybridized carbons (Fsp3) is 0.273. The number of benzene rings is 1. The van der Waals surface area contributed by atoms with Crippen LogP contribution in [0.1, 0.15) is 18.7 Å². The van der Waals surface area contributed by atoms with Crippen molar-refractivity contribution in [1.82, 2.24) is 4.57 Å². The standard InChI is InChI=1S/C11H13BrN2/c1-7(13)10-6-8-4-3-5-9(12)11(8)14(10)2/h3-7H,13H2,1-2H3. The summed E-state index contributed by atoms with van der Waals surface area (Å²) in [6, 6.07) is 8.40. The Labute approximate surface area is 91.8 Å². The van der Waals surface area contributed by atoms with Gasteiger partial charge in [-0.1, -0.05) is 12.1 Å². The topological polar surface area (TPSA) is 30.9 Å². The molecule has 3 heteroatoms. The van der Waals surface area contributed by atoms with Gasteiger partial charge in [0.25, 0.3) is 0 Å². The molecule has 2 rings (SSSR count). The maximum Gasteiger partial charge on any atom is 0.0624 e. The molecular formula is C11H13BrN2. The highest BCUT2D eigenvalue weighted by atomic mass is 79.9. The van der Waals surface area contributed by atoms with Crippen molar-refractivity contribution in [3.8, 4) is 0 Å². The number of rotatable bonds is 1. The zero-order valence-electron chi connectivity index (χ0n) is 8.29. The molecular weight excluding hydrogens is 240 g/mol. The van der Waals surface area contributed by atoms with E-state index in [9.17, 15) is 0 Å². The number of fused-ring (bicyclic) bond motifs is 1. The average Bonchev–Trinajstić information content (AvgIpc) is 2.45. The van der Waals surface area contributed by atoms with E-state index in [4.69, 9.17) is 5.73 Å². The highest BCUT2D eigenvalue weighted by Crippen LogP contribution is 2.28. The predicted octanol–water partition coefficient (Wildman–Crippen LogP) is 2.96. The van der Waals surface area contributed by atoms with E-state index in [1.54, 1.807) is 0 Å². The largest absolute Gasteiger partial charge is 0.345 e. The van der Waals surface area contributed by atoms with Gasteiger partial charge in [0.05, 0.1) is 5.52 Å². The highest BCUT2D eigenvalue weighted by Gasteiger charge is 2.10. The number of nitrogens with zero attached hydrogens (tertiary/aromatic N) is 1. The van der Waals surface area contributed by atoms with E-state index in [1.807, 2.05) is 26.1 Å². The molecule has 0 radical (unpaired) electrons. The molecule has 0 fully saturated rings. The van der Waals surface area contributed by atoms with Crippen LogP contribution in [0.4, 0.5) is 0 Å². The smallest absolute Gasteiger partial charge is 0.0624 e. The number of nitrogens with two attached hydrogens (primary N) is 1. The second-order valence-electron chi connectivity index (χ2n) is 3.59. The first-order valence-electron chi connectivity index (χ1n) is 4.60. The van der Waals surface area contributed by atoms with E-state index >= 15 is 0 Å². The fourth-order valence-corrected chi connectivity index (χ4v) is 2.47. The highest BCUT2D eigenvalue weighted by molar-refractivity contribution is 9.10. The van der Waals surface area contributed by atoms with Crippen molar-refractivity contribution in [3.05, 3.63) is 34.4 Å². The quantitative estimate of drug-likeness (QED) is 0.832. The fourth-order valence-electron chi connectivity index (χ4n) is 1.82. The van der Waals surface area contributed by atoms with Gasteiger partial charge in [-0.25, -0.2) is 0 Å². The number of hydrogen-bond donors (Lipinski definition) is 1. The van der Waals surface area contributed by atoms with Crippen LogP contribution >= 0.6 is 15.9 Å². The van der Waals surface area contributed by atoms with Gasteiger partial charge in [0, 0.05) is 28.6 Å². The van der Waals surface area contributed by atoms with Gasteiger partial charge in [-0.3, -0.25) is 0 Å². The lowest BCUT2D eigenvalue weighted by Crippen LogP contribution is -2.09. The summed E-state index contributed by atoms with van der Waals surface area (Å²) >= 11 is 3.55. The number of hydrogen-bond acceptors (Lipinski definition) is 1. The van der Waals surface area contributed by atoms with Crippen LogP contribution in [0.15, 0.2) is 28.7 Å². The molecule has 0 aliphatic carbocycles. The van der Waals surface area contributed by atoms with Crippen LogP contribution in [0.2, 0.25) is 0 Å². The Morgan fingerprint density at radius 3 is 2.71 bits per heavy atom. The summed E-state index contributed by atoms with van der Waals surface area (Å²) in [5.74, 6) is 0. The first kappa shape index (κ1) is 9.74. The molecule has 1 aromatic heterocycles. The van der Waals surface area contributed by atoms with Crippen LogP contribution in [-0.2, 0) is 7.05 Å². The van der Waals surface area contributed by atoms with Crippen molar-refractivity contribution in [1.29, 1.82) is 0 Å². The summed E-state index contributed by atoms with van der Waals surface area (Å²) in [6.07, 6.45) is 0. The summed E-state index contributed by atoms with van der Waals surface area (Å²) in [6.45, 7) is 2.00. The molecule has 0 saturated carbocycles. The van der Waals surface area contributed by atoms with Crippen LogP contribution in [0.5, 0.6) is 0 Å². The molecule has 0 bridgehead atoms. The zero-order chi connectivity index (χ0) is 10.3. The van der Waals surface area contributed by atoms with Crippen LogP contribution in [0.3, 0.4) is 0 Å². The minimum absolute atomic E-state index is 0.0688. The molecule has 0 spiro atoms. The second kappa shape index (κ2) is 3.41. The molecule has 2 aromatic rings. The lowest BCUT2D eigenvalue weighted by atomic mass is 10.2. The zero-order valence-corrected chi connectivity index (χ0v) is 9.88. The lowest BCUT2D eigenvalue weighted by Gasteiger charge is -2.07. The molecule has 14 heavy (non-hydrogen) atoms. The average molecular weight is 253 g/mol. The number of para-hydroxylation sites is 1. The van der Waals surface area contributed by atoms with Crippen LogP contribution in [0.25, 0.3) is 10.9 Å². The third kappa shape index (κ3) is 1.37. The normalized spacial score (nSPS) is 13.4. The Hall–Kier alpha value is -0.800. The Morgan fingerprint density at radius 1 is 1.43 bits per heavy atom. The Balaban J connectivity index is 2.81. The molecule has 1 atom stereocenters. The molecule has 0 aliphatic rings. The Morgan fingerprint density at radius 2 is 2.14 bits per heavy atom. The van der Waals surface area contributed by atoms with Gasteiger partial charge in [-0.15, -0.1) is 0 Å². The van der Waals surface area contributed by atoms with E-state index in [0.717, 1.165) is 10.2 Å². The first-order valence-corrected chi connectivity index (χ1v) is 5.40. The molecule has 74 valence electrons. The summed E-state index contributed by atoms with van der Waals surface area (Å²) in [5.41, 5.74) is 8.26. The van der Waals surface area contributed by atoms with Gasteiger partial charge < -0.3 is 10.3 Å². The number of aromatic nitrogens is 1. The number of aryl methyl sites for hydroxylation is 1. The maximum absolute atomic E-state index is 5.89. The molecule has 2 nitrogen and oxygen atoms in total. The third-order valence-electron chi connectivity index (χ3n) is 2.51. The van der Waals surface area contributed by atoms with Crippen molar-refractivity contribution in [2.45, 2.75) is 13.0 Å². The molecule has 2 N–H and O–H groups in total. The summed E-state index contributed by atoms with van der Waals surface area (Å²) in [4.78, 5) is 0. The van der Waals surface area contributed by atoms with Crippen LogP contribution < -0.4 is 5.73 Å². The Bertz CT molecular complexity index is 471. The number of halogens is 1. The maximum atomic E-state index is 5.89. The SMILES string of the molecule is CC(N)c1cc2cccc(Br)c2n1C. The van der Waals surface area contributed by atoms with Crippen molar-refractivity contribution in [2.24, 2.45) is 12.8 Å². The third-order valence-corrected chi connectivity index (χ3v) is 3.15. The minimum atomic E-state index is 0.0688. The van der Waals surface area contributed by atoms with E-state index in [2.05, 4.69) is 32.6 Å². The van der Waals surface area contributed by atoms with Crippen LogP contribution in [0, 0.1) is 0 Å². The van der Waals surface area contributed by atoms with Gasteiger partial charge in [-0.2, -0.15) is 0 Å².